The van der Waals surface area contributed by atoms with E-state index in [1.165, 1.54) is 88.9 Å². The maximum atomic E-state index is 12.4. The van der Waals surface area contributed by atoms with Crippen molar-refractivity contribution in [2.24, 2.45) is 5.92 Å². The smallest absolute Gasteiger partial charge is 0.236 e. The van der Waals surface area contributed by atoms with E-state index in [-0.39, 0.29) is 5.81 Å². The van der Waals surface area contributed by atoms with Gasteiger partial charge in [0.15, 0.2) is 13.1 Å². The molecule has 2 saturated carbocycles. The Morgan fingerprint density at radius 2 is 1.45 bits per heavy atom. The summed E-state index contributed by atoms with van der Waals surface area (Å²) in [4.78, 5) is 12.4. The average Bonchev–Trinajstić information content (AvgIpc) is 2.71. The summed E-state index contributed by atoms with van der Waals surface area (Å²) in [6, 6.07) is 10.8. The van der Waals surface area contributed by atoms with Crippen LogP contribution in [-0.4, -0.2) is 20.4 Å². The normalized spacial score (nSPS) is 23.5. The summed E-state index contributed by atoms with van der Waals surface area (Å²) in [6.45, 7) is 4.15. The van der Waals surface area contributed by atoms with Gasteiger partial charge in [0.05, 0.1) is 0 Å². The molecule has 0 unspecified atom stereocenters. The zero-order chi connectivity index (χ0) is 21.7. The molecular formula is C27H41B2NO. The van der Waals surface area contributed by atoms with Crippen LogP contribution >= 0.6 is 0 Å². The fourth-order valence-electron chi connectivity index (χ4n) is 5.44. The van der Waals surface area contributed by atoms with Crippen LogP contribution in [0.25, 0.3) is 0 Å². The third kappa shape index (κ3) is 9.71. The summed E-state index contributed by atoms with van der Waals surface area (Å²) < 4.78 is 0. The van der Waals surface area contributed by atoms with Crippen molar-refractivity contribution in [1.29, 1.82) is 0 Å². The highest BCUT2D eigenvalue weighted by Gasteiger charge is 2.20. The molecule has 2 radical (unpaired) electrons. The Bertz CT molecular complexity index is 644. The molecule has 1 aromatic carbocycles. The summed E-state index contributed by atoms with van der Waals surface area (Å²) in [5.74, 6) is 2.04. The molecule has 1 N–H and O–H groups in total. The van der Waals surface area contributed by atoms with Gasteiger partial charge in [-0.2, -0.15) is 0 Å². The molecule has 0 atom stereocenters. The van der Waals surface area contributed by atoms with E-state index in [1.54, 1.807) is 0 Å². The zero-order valence-corrected chi connectivity index (χ0v) is 19.5. The van der Waals surface area contributed by atoms with E-state index in [0.29, 0.717) is 5.82 Å². The fourth-order valence-corrected chi connectivity index (χ4v) is 5.44. The van der Waals surface area contributed by atoms with Crippen LogP contribution in [0.15, 0.2) is 42.6 Å². The van der Waals surface area contributed by atoms with Crippen molar-refractivity contribution >= 4 is 25.8 Å². The molecule has 2 nitrogen and oxygen atoms in total. The van der Waals surface area contributed by atoms with Gasteiger partial charge in [-0.15, -0.1) is 0 Å². The summed E-state index contributed by atoms with van der Waals surface area (Å²) in [5.41, 5.74) is 2.28. The second-order valence-corrected chi connectivity index (χ2v) is 9.97. The maximum absolute atomic E-state index is 12.4. The number of carbonyl (C=O) groups is 1. The Hall–Kier alpha value is -1.44. The van der Waals surface area contributed by atoms with Crippen LogP contribution in [0.5, 0.6) is 0 Å². The van der Waals surface area contributed by atoms with Crippen LogP contribution < -0.4 is 10.8 Å². The van der Waals surface area contributed by atoms with Crippen LogP contribution in [0.3, 0.4) is 0 Å². The molecule has 2 aliphatic carbocycles. The topological polar surface area (TPSA) is 29.1 Å². The second-order valence-electron chi connectivity index (χ2n) is 9.97. The molecule has 1 amide bonds. The second kappa shape index (κ2) is 13.9. The van der Waals surface area contributed by atoms with Crippen LogP contribution in [-0.2, 0) is 0 Å². The first kappa shape index (κ1) is 24.2. The highest BCUT2D eigenvalue weighted by molar-refractivity contribution is 6.74. The van der Waals surface area contributed by atoms with Crippen molar-refractivity contribution in [2.45, 2.75) is 108 Å². The molecule has 3 rings (SSSR count). The van der Waals surface area contributed by atoms with Crippen LogP contribution in [0.2, 0.25) is 11.6 Å². The van der Waals surface area contributed by atoms with Gasteiger partial charge < -0.3 is 5.32 Å². The molecule has 0 aromatic heterocycles. The van der Waals surface area contributed by atoms with Crippen molar-refractivity contribution in [3.8, 4) is 0 Å². The lowest BCUT2D eigenvalue weighted by Gasteiger charge is -2.25. The molecule has 0 spiro atoms. The van der Waals surface area contributed by atoms with Gasteiger partial charge in [0, 0.05) is 5.70 Å². The van der Waals surface area contributed by atoms with Gasteiger partial charge in [0.25, 0.3) is 0 Å². The molecule has 0 heterocycles. The number of nitrogens with one attached hydrogen (secondary N) is 1. The average molecular weight is 417 g/mol. The van der Waals surface area contributed by atoms with Crippen LogP contribution in [0.1, 0.15) is 96.3 Å². The van der Waals surface area contributed by atoms with Gasteiger partial charge >= 0.3 is 0 Å². The lowest BCUT2D eigenvalue weighted by atomic mass is 9.55. The van der Waals surface area contributed by atoms with Gasteiger partial charge in [0.2, 0.25) is 7.28 Å². The lowest BCUT2D eigenvalue weighted by molar-refractivity contribution is 0.260. The molecule has 166 valence electrons. The third-order valence-electron chi connectivity index (χ3n) is 7.29. The van der Waals surface area contributed by atoms with E-state index >= 15 is 0 Å². The first-order valence-corrected chi connectivity index (χ1v) is 12.9. The lowest BCUT2D eigenvalue weighted by Crippen LogP contribution is -2.29. The molecule has 1 aromatic rings. The summed E-state index contributed by atoms with van der Waals surface area (Å²) in [6.07, 6.45) is 18.8. The highest BCUT2D eigenvalue weighted by Crippen LogP contribution is 2.31. The molecule has 0 aliphatic heterocycles. The van der Waals surface area contributed by atoms with Crippen LogP contribution in [0.4, 0.5) is 4.79 Å². The highest BCUT2D eigenvalue weighted by atomic mass is 16.1. The monoisotopic (exact) mass is 417 g/mol. The predicted molar refractivity (Wildman–Crippen MR) is 136 cm³/mol. The molecular weight excluding hydrogens is 376 g/mol. The number of hydrogen-bond donors (Lipinski definition) is 1. The summed E-state index contributed by atoms with van der Waals surface area (Å²) >= 11 is 0. The fraction of sp³-hybridized carbons (Fsp3) is 0.667. The number of rotatable bonds is 8. The molecule has 4 heteroatoms. The van der Waals surface area contributed by atoms with Crippen molar-refractivity contribution in [2.75, 3.05) is 0 Å². The first-order chi connectivity index (χ1) is 15.2. The van der Waals surface area contributed by atoms with Gasteiger partial charge in [-0.1, -0.05) is 137 Å². The molecule has 0 saturated heterocycles. The SMILES string of the molecule is C=C(CCC1CCCC([B]c2ccccc2)CCC1)NC(=O)[B]C1CCCCCCC1. The predicted octanol–water partition coefficient (Wildman–Crippen LogP) is 7.02. The molecule has 31 heavy (non-hydrogen) atoms. The number of amides is 1. The minimum absolute atomic E-state index is 0.0764. The van der Waals surface area contributed by atoms with Gasteiger partial charge in [-0.25, -0.2) is 0 Å². The van der Waals surface area contributed by atoms with Crippen LogP contribution in [0, 0.1) is 5.92 Å². The van der Waals surface area contributed by atoms with E-state index in [1.807, 2.05) is 7.28 Å². The Morgan fingerprint density at radius 1 is 0.839 bits per heavy atom. The Morgan fingerprint density at radius 3 is 2.13 bits per heavy atom. The van der Waals surface area contributed by atoms with E-state index in [9.17, 15) is 4.79 Å². The van der Waals surface area contributed by atoms with E-state index in [0.717, 1.165) is 30.3 Å². The van der Waals surface area contributed by atoms with Gasteiger partial charge in [-0.05, 0) is 18.8 Å². The van der Waals surface area contributed by atoms with Crippen molar-refractivity contribution in [1.82, 2.24) is 5.32 Å². The maximum Gasteiger partial charge on any atom is 0.236 e. The third-order valence-corrected chi connectivity index (χ3v) is 7.29. The minimum Gasteiger partial charge on any atom is -0.340 e. The largest absolute Gasteiger partial charge is 0.340 e. The number of benzene rings is 1. The Balaban J connectivity index is 1.30. The molecule has 2 aliphatic rings. The van der Waals surface area contributed by atoms with Gasteiger partial charge in [-0.3, -0.25) is 4.79 Å². The zero-order valence-electron chi connectivity index (χ0n) is 19.5. The minimum atomic E-state index is 0.0764. The van der Waals surface area contributed by atoms with E-state index in [4.69, 9.17) is 0 Å². The van der Waals surface area contributed by atoms with Crippen molar-refractivity contribution in [3.05, 3.63) is 42.6 Å². The number of hydrogen-bond acceptors (Lipinski definition) is 1. The summed E-state index contributed by atoms with van der Waals surface area (Å²) in [5, 5.41) is 3.07. The standard InChI is InChI=1S/C27H41B2NO/c1-22(30-27(31)29-26-16-6-3-2-4-7-17-26)20-21-23-12-10-18-25(19-11-13-23)28-24-14-8-5-9-15-24/h5,8-9,14-15,23,25-26H,1-4,6-7,10-13,16-21H2,(H,30,31). The van der Waals surface area contributed by atoms with E-state index < -0.39 is 0 Å². The quantitative estimate of drug-likeness (QED) is 0.453. The van der Waals surface area contributed by atoms with Gasteiger partial charge in [0.1, 0.15) is 0 Å². The summed E-state index contributed by atoms with van der Waals surface area (Å²) in [7, 11) is 4.42. The number of allylic oxidation sites excluding steroid dienone is 1. The molecule has 0 bridgehead atoms. The van der Waals surface area contributed by atoms with Crippen molar-refractivity contribution < 1.29 is 4.79 Å². The number of carbonyl (C=O) groups excluding carboxylic acids is 1. The van der Waals surface area contributed by atoms with Crippen molar-refractivity contribution in [3.63, 3.8) is 0 Å². The molecule has 2 fully saturated rings. The Kier molecular flexibility index (Phi) is 10.8. The van der Waals surface area contributed by atoms with E-state index in [2.05, 4.69) is 49.5 Å². The Labute approximate surface area is 192 Å². The first-order valence-electron chi connectivity index (χ1n) is 12.9.